The molecule has 1 unspecified atom stereocenters. The third-order valence-corrected chi connectivity index (χ3v) is 4.66. The molecular weight excluding hydrogens is 279 g/mol. The third-order valence-electron chi connectivity index (χ3n) is 4.66. The van der Waals surface area contributed by atoms with Gasteiger partial charge in [-0.05, 0) is 38.3 Å². The smallest absolute Gasteiger partial charge is 0.141 e. The molecule has 4 nitrogen and oxygen atoms in total. The molecule has 0 N–H and O–H groups in total. The fourth-order valence-electron chi connectivity index (χ4n) is 3.43. The second kappa shape index (κ2) is 6.57. The quantitative estimate of drug-likeness (QED) is 0.823. The minimum absolute atomic E-state index is 0.133. The summed E-state index contributed by atoms with van der Waals surface area (Å²) in [6.07, 6.45) is 4.93. The van der Waals surface area contributed by atoms with Crippen LogP contribution in [0.2, 0.25) is 0 Å². The summed E-state index contributed by atoms with van der Waals surface area (Å²) in [6.45, 7) is 4.01. The Labute approximate surface area is 131 Å². The lowest BCUT2D eigenvalue weighted by Crippen LogP contribution is -2.43. The van der Waals surface area contributed by atoms with Crippen LogP contribution in [0.25, 0.3) is 0 Å². The minimum Gasteiger partial charge on any atom is -0.290 e. The number of hydrogen-bond donors (Lipinski definition) is 0. The topological polar surface area (TPSA) is 34.0 Å². The molecule has 2 heterocycles. The van der Waals surface area contributed by atoms with Gasteiger partial charge in [0.2, 0.25) is 0 Å². The highest BCUT2D eigenvalue weighted by molar-refractivity contribution is 5.18. The summed E-state index contributed by atoms with van der Waals surface area (Å²) in [6, 6.07) is 10.6. The number of halogens is 1. The van der Waals surface area contributed by atoms with E-state index in [1.165, 1.54) is 24.7 Å². The first kappa shape index (κ1) is 15.2. The number of rotatable bonds is 6. The van der Waals surface area contributed by atoms with Crippen LogP contribution in [-0.4, -0.2) is 38.4 Å². The molecule has 1 aliphatic heterocycles. The molecule has 2 aromatic rings. The molecule has 118 valence electrons. The highest BCUT2D eigenvalue weighted by Crippen LogP contribution is 2.33. The first-order valence-corrected chi connectivity index (χ1v) is 7.93. The number of benzene rings is 1. The van der Waals surface area contributed by atoms with Gasteiger partial charge in [-0.2, -0.15) is 5.10 Å². The molecular formula is C17H23FN4. The van der Waals surface area contributed by atoms with Crippen LogP contribution in [0.3, 0.4) is 0 Å². The summed E-state index contributed by atoms with van der Waals surface area (Å²) in [5, 5.41) is 4.12. The van der Waals surface area contributed by atoms with Crippen molar-refractivity contribution in [2.75, 3.05) is 13.2 Å². The molecule has 0 bridgehead atoms. The Bertz CT molecular complexity index is 598. The van der Waals surface area contributed by atoms with E-state index in [1.807, 2.05) is 0 Å². The fourth-order valence-corrected chi connectivity index (χ4v) is 3.43. The van der Waals surface area contributed by atoms with E-state index in [0.717, 1.165) is 25.3 Å². The number of likely N-dealkylation sites (tertiary alicyclic amines) is 1. The molecule has 1 saturated heterocycles. The molecule has 0 spiro atoms. The molecule has 1 aliphatic rings. The molecule has 3 rings (SSSR count). The van der Waals surface area contributed by atoms with Gasteiger partial charge in [-0.1, -0.05) is 30.3 Å². The van der Waals surface area contributed by atoms with E-state index >= 15 is 0 Å². The van der Waals surface area contributed by atoms with Crippen molar-refractivity contribution in [2.45, 2.75) is 44.8 Å². The summed E-state index contributed by atoms with van der Waals surface area (Å²) in [4.78, 5) is 6.79. The second-order valence-corrected chi connectivity index (χ2v) is 6.27. The van der Waals surface area contributed by atoms with Crippen LogP contribution in [0.1, 0.15) is 31.2 Å². The lowest BCUT2D eigenvalue weighted by Gasteiger charge is -2.35. The van der Waals surface area contributed by atoms with Gasteiger partial charge in [0, 0.05) is 5.54 Å². The lowest BCUT2D eigenvalue weighted by atomic mass is 9.90. The number of aromatic nitrogens is 3. The molecule has 1 fully saturated rings. The fraction of sp³-hybridized carbons (Fsp3) is 0.529. The summed E-state index contributed by atoms with van der Waals surface area (Å²) >= 11 is 0. The average Bonchev–Trinajstić information content (AvgIpc) is 3.09. The Morgan fingerprint density at radius 1 is 1.27 bits per heavy atom. The normalized spacial score (nSPS) is 22.3. The first-order valence-electron chi connectivity index (χ1n) is 7.93. The Kier molecular flexibility index (Phi) is 4.52. The Hall–Kier alpha value is -1.75. The third kappa shape index (κ3) is 3.19. The Balaban J connectivity index is 1.73. The van der Waals surface area contributed by atoms with Crippen molar-refractivity contribution in [3.63, 3.8) is 0 Å². The summed E-state index contributed by atoms with van der Waals surface area (Å²) < 4.78 is 14.3. The Morgan fingerprint density at radius 3 is 2.86 bits per heavy atom. The van der Waals surface area contributed by atoms with E-state index in [-0.39, 0.29) is 5.54 Å². The Morgan fingerprint density at radius 2 is 2.09 bits per heavy atom. The van der Waals surface area contributed by atoms with E-state index < -0.39 is 6.67 Å². The predicted molar refractivity (Wildman–Crippen MR) is 84.2 cm³/mol. The van der Waals surface area contributed by atoms with Gasteiger partial charge < -0.3 is 0 Å². The van der Waals surface area contributed by atoms with Gasteiger partial charge >= 0.3 is 0 Å². The molecule has 22 heavy (non-hydrogen) atoms. The zero-order valence-electron chi connectivity index (χ0n) is 13.1. The summed E-state index contributed by atoms with van der Waals surface area (Å²) in [5.74, 6) is 0.860. The van der Waals surface area contributed by atoms with Crippen molar-refractivity contribution < 1.29 is 4.39 Å². The number of alkyl halides is 1. The van der Waals surface area contributed by atoms with Crippen LogP contribution in [0.5, 0.6) is 0 Å². The van der Waals surface area contributed by atoms with E-state index in [9.17, 15) is 4.39 Å². The van der Waals surface area contributed by atoms with Crippen molar-refractivity contribution in [3.05, 3.63) is 48.0 Å². The number of nitrogens with zero attached hydrogens (tertiary/aromatic N) is 4. The van der Waals surface area contributed by atoms with Gasteiger partial charge in [0.05, 0.1) is 13.1 Å². The van der Waals surface area contributed by atoms with E-state index in [2.05, 4.69) is 52.2 Å². The van der Waals surface area contributed by atoms with E-state index in [1.54, 1.807) is 4.68 Å². The monoisotopic (exact) mass is 302 g/mol. The molecule has 5 heteroatoms. The van der Waals surface area contributed by atoms with Gasteiger partial charge in [-0.15, -0.1) is 0 Å². The highest BCUT2D eigenvalue weighted by atomic mass is 19.1. The van der Waals surface area contributed by atoms with Crippen LogP contribution in [0, 0.1) is 0 Å². The minimum atomic E-state index is -0.405. The van der Waals surface area contributed by atoms with Gasteiger partial charge in [0.1, 0.15) is 18.8 Å². The van der Waals surface area contributed by atoms with Crippen molar-refractivity contribution >= 4 is 0 Å². The van der Waals surface area contributed by atoms with Gasteiger partial charge in [0.15, 0.2) is 0 Å². The van der Waals surface area contributed by atoms with Crippen molar-refractivity contribution in [1.82, 2.24) is 19.7 Å². The van der Waals surface area contributed by atoms with Crippen LogP contribution in [0.15, 0.2) is 36.7 Å². The van der Waals surface area contributed by atoms with Crippen molar-refractivity contribution in [3.8, 4) is 0 Å². The summed E-state index contributed by atoms with van der Waals surface area (Å²) in [7, 11) is 0. The maximum absolute atomic E-state index is 12.6. The highest BCUT2D eigenvalue weighted by Gasteiger charge is 2.37. The molecule has 0 saturated carbocycles. The van der Waals surface area contributed by atoms with Crippen LogP contribution in [0.4, 0.5) is 4.39 Å². The molecule has 1 aromatic heterocycles. The first-order chi connectivity index (χ1) is 10.7. The average molecular weight is 302 g/mol. The molecule has 0 radical (unpaired) electrons. The number of aryl methyl sites for hydroxylation is 1. The molecule has 0 aliphatic carbocycles. The van der Waals surface area contributed by atoms with Gasteiger partial charge in [0.25, 0.3) is 0 Å². The number of hydrogen-bond acceptors (Lipinski definition) is 3. The van der Waals surface area contributed by atoms with Crippen molar-refractivity contribution in [2.24, 2.45) is 0 Å². The van der Waals surface area contributed by atoms with Crippen molar-refractivity contribution in [1.29, 1.82) is 0 Å². The largest absolute Gasteiger partial charge is 0.290 e. The zero-order chi connectivity index (χ0) is 15.4. The second-order valence-electron chi connectivity index (χ2n) is 6.27. The maximum Gasteiger partial charge on any atom is 0.141 e. The van der Waals surface area contributed by atoms with Gasteiger partial charge in [-0.3, -0.25) is 4.90 Å². The van der Waals surface area contributed by atoms with E-state index in [0.29, 0.717) is 6.54 Å². The van der Waals surface area contributed by atoms with Crippen LogP contribution in [-0.2, 0) is 19.5 Å². The summed E-state index contributed by atoms with van der Waals surface area (Å²) in [5.41, 5.74) is 1.50. The maximum atomic E-state index is 12.6. The molecule has 0 amide bonds. The zero-order valence-corrected chi connectivity index (χ0v) is 13.1. The standard InChI is InChI=1S/C17H23FN4/c1-17(12-15-6-3-2-4-7-15)8-5-10-21(17)13-16-19-14-20-22(16)11-9-18/h2-4,6-7,14H,5,8-13H2,1H3. The SMILES string of the molecule is CC1(Cc2ccccc2)CCCN1Cc1ncnn1CCF. The van der Waals surface area contributed by atoms with Crippen LogP contribution < -0.4 is 0 Å². The van der Waals surface area contributed by atoms with E-state index in [4.69, 9.17) is 0 Å². The molecule has 1 aromatic carbocycles. The van der Waals surface area contributed by atoms with Crippen LogP contribution >= 0.6 is 0 Å². The molecule has 1 atom stereocenters. The lowest BCUT2D eigenvalue weighted by molar-refractivity contribution is 0.140. The van der Waals surface area contributed by atoms with Gasteiger partial charge in [-0.25, -0.2) is 14.1 Å². The predicted octanol–water partition coefficient (Wildman–Crippen LogP) is 2.84.